The van der Waals surface area contributed by atoms with E-state index in [9.17, 15) is 0 Å². The van der Waals surface area contributed by atoms with Crippen molar-refractivity contribution in [1.29, 1.82) is 0 Å². The van der Waals surface area contributed by atoms with Crippen LogP contribution in [-0.2, 0) is 6.54 Å². The average Bonchev–Trinajstić information content (AvgIpc) is 2.80. The lowest BCUT2D eigenvalue weighted by Crippen LogP contribution is -2.23. The molecule has 1 aliphatic rings. The van der Waals surface area contributed by atoms with Gasteiger partial charge in [-0.2, -0.15) is 0 Å². The van der Waals surface area contributed by atoms with Crippen molar-refractivity contribution in [2.24, 2.45) is 11.8 Å². The van der Waals surface area contributed by atoms with Gasteiger partial charge in [0.05, 0.1) is 0 Å². The molecule has 4 heteroatoms. The van der Waals surface area contributed by atoms with Crippen molar-refractivity contribution in [2.45, 2.75) is 26.8 Å². The van der Waals surface area contributed by atoms with E-state index in [1.165, 1.54) is 6.42 Å². The number of rotatable bonds is 4. The topological polar surface area (TPSA) is 41.1 Å². The van der Waals surface area contributed by atoms with Crippen molar-refractivity contribution in [3.8, 4) is 0 Å². The van der Waals surface area contributed by atoms with Crippen LogP contribution in [0.25, 0.3) is 0 Å². The summed E-state index contributed by atoms with van der Waals surface area (Å²) >= 11 is 0. The van der Waals surface area contributed by atoms with E-state index in [-0.39, 0.29) is 0 Å². The van der Waals surface area contributed by atoms with Gasteiger partial charge in [-0.25, -0.2) is 9.97 Å². The lowest BCUT2D eigenvalue weighted by molar-refractivity contribution is 0.422. The first-order valence-corrected chi connectivity index (χ1v) is 6.41. The van der Waals surface area contributed by atoms with E-state index >= 15 is 0 Å². The van der Waals surface area contributed by atoms with Crippen LogP contribution in [0.3, 0.4) is 0 Å². The van der Waals surface area contributed by atoms with Crippen LogP contribution in [0.15, 0.2) is 12.4 Å². The molecule has 1 atom stereocenters. The zero-order valence-electron chi connectivity index (χ0n) is 11.0. The molecule has 0 spiro atoms. The van der Waals surface area contributed by atoms with Crippen LogP contribution in [0, 0.1) is 11.8 Å². The lowest BCUT2D eigenvalue weighted by atomic mass is 9.95. The first-order chi connectivity index (χ1) is 8.20. The Balaban J connectivity index is 1.99. The third-order valence-electron chi connectivity index (χ3n) is 3.52. The molecule has 1 aromatic rings. The summed E-state index contributed by atoms with van der Waals surface area (Å²) in [5.41, 5.74) is 1.14. The summed E-state index contributed by atoms with van der Waals surface area (Å²) in [7, 11) is 1.93. The second-order valence-corrected chi connectivity index (χ2v) is 5.16. The molecule has 2 heterocycles. The minimum Gasteiger partial charge on any atom is -0.341 e. The number of hydrogen-bond acceptors (Lipinski definition) is 4. The molecule has 17 heavy (non-hydrogen) atoms. The molecular formula is C13H22N4. The summed E-state index contributed by atoms with van der Waals surface area (Å²) in [6.07, 6.45) is 5.10. The van der Waals surface area contributed by atoms with Crippen LogP contribution in [0.4, 0.5) is 5.95 Å². The van der Waals surface area contributed by atoms with E-state index in [0.29, 0.717) is 0 Å². The van der Waals surface area contributed by atoms with Gasteiger partial charge in [-0.3, -0.25) is 0 Å². The van der Waals surface area contributed by atoms with Crippen molar-refractivity contribution < 1.29 is 0 Å². The summed E-state index contributed by atoms with van der Waals surface area (Å²) in [6, 6.07) is 0. The maximum Gasteiger partial charge on any atom is 0.225 e. The fourth-order valence-corrected chi connectivity index (χ4v) is 2.32. The standard InChI is InChI=1S/C13H22N4/c1-10(2)12-4-5-17(9-12)13-15-7-11(6-14-3)8-16-13/h7-8,10,12,14H,4-6,9H2,1-3H3. The second kappa shape index (κ2) is 5.45. The van der Waals surface area contributed by atoms with Gasteiger partial charge in [0.2, 0.25) is 5.95 Å². The summed E-state index contributed by atoms with van der Waals surface area (Å²) in [5, 5.41) is 3.10. The first kappa shape index (κ1) is 12.3. The number of nitrogens with zero attached hydrogens (tertiary/aromatic N) is 3. The molecule has 4 nitrogen and oxygen atoms in total. The molecule has 1 saturated heterocycles. The largest absolute Gasteiger partial charge is 0.341 e. The number of anilines is 1. The molecule has 0 radical (unpaired) electrons. The number of aromatic nitrogens is 2. The molecule has 1 unspecified atom stereocenters. The molecule has 0 saturated carbocycles. The molecule has 1 aliphatic heterocycles. The zero-order valence-corrected chi connectivity index (χ0v) is 11.0. The van der Waals surface area contributed by atoms with Gasteiger partial charge in [0.15, 0.2) is 0 Å². The predicted molar refractivity (Wildman–Crippen MR) is 70.0 cm³/mol. The smallest absolute Gasteiger partial charge is 0.225 e. The minimum absolute atomic E-state index is 0.753. The quantitative estimate of drug-likeness (QED) is 0.860. The van der Waals surface area contributed by atoms with Crippen LogP contribution in [0.1, 0.15) is 25.8 Å². The van der Waals surface area contributed by atoms with E-state index < -0.39 is 0 Å². The van der Waals surface area contributed by atoms with Crippen molar-refractivity contribution in [3.05, 3.63) is 18.0 Å². The highest BCUT2D eigenvalue weighted by molar-refractivity contribution is 5.31. The van der Waals surface area contributed by atoms with Gasteiger partial charge in [-0.15, -0.1) is 0 Å². The summed E-state index contributed by atoms with van der Waals surface area (Å²) < 4.78 is 0. The molecule has 0 bridgehead atoms. The van der Waals surface area contributed by atoms with Gasteiger partial charge in [0.25, 0.3) is 0 Å². The van der Waals surface area contributed by atoms with Crippen LogP contribution in [0.2, 0.25) is 0 Å². The Morgan fingerprint density at radius 2 is 2.12 bits per heavy atom. The molecule has 0 aliphatic carbocycles. The van der Waals surface area contributed by atoms with E-state index in [1.54, 1.807) is 0 Å². The highest BCUT2D eigenvalue weighted by Gasteiger charge is 2.26. The van der Waals surface area contributed by atoms with E-state index in [0.717, 1.165) is 43.0 Å². The number of hydrogen-bond donors (Lipinski definition) is 1. The molecule has 1 aromatic heterocycles. The molecule has 0 amide bonds. The first-order valence-electron chi connectivity index (χ1n) is 6.41. The summed E-state index contributed by atoms with van der Waals surface area (Å²) in [6.45, 7) is 7.61. The van der Waals surface area contributed by atoms with Gasteiger partial charge in [-0.1, -0.05) is 13.8 Å². The van der Waals surface area contributed by atoms with Crippen molar-refractivity contribution in [2.75, 3.05) is 25.0 Å². The van der Waals surface area contributed by atoms with E-state index in [1.807, 2.05) is 19.4 Å². The fraction of sp³-hybridized carbons (Fsp3) is 0.692. The highest BCUT2D eigenvalue weighted by atomic mass is 15.3. The third-order valence-corrected chi connectivity index (χ3v) is 3.52. The lowest BCUT2D eigenvalue weighted by Gasteiger charge is -2.17. The average molecular weight is 234 g/mol. The minimum atomic E-state index is 0.753. The van der Waals surface area contributed by atoms with Gasteiger partial charge < -0.3 is 10.2 Å². The Labute approximate surface area is 103 Å². The second-order valence-electron chi connectivity index (χ2n) is 5.16. The highest BCUT2D eigenvalue weighted by Crippen LogP contribution is 2.25. The maximum atomic E-state index is 4.45. The van der Waals surface area contributed by atoms with Gasteiger partial charge in [0.1, 0.15) is 0 Å². The molecule has 2 rings (SSSR count). The summed E-state index contributed by atoms with van der Waals surface area (Å²) in [5.74, 6) is 2.42. The third kappa shape index (κ3) is 2.94. The fourth-order valence-electron chi connectivity index (χ4n) is 2.32. The van der Waals surface area contributed by atoms with Crippen LogP contribution >= 0.6 is 0 Å². The van der Waals surface area contributed by atoms with E-state index in [4.69, 9.17) is 0 Å². The van der Waals surface area contributed by atoms with Crippen molar-refractivity contribution >= 4 is 5.95 Å². The normalized spacial score (nSPS) is 20.2. The van der Waals surface area contributed by atoms with Crippen molar-refractivity contribution in [3.63, 3.8) is 0 Å². The maximum absolute atomic E-state index is 4.45. The molecule has 1 fully saturated rings. The van der Waals surface area contributed by atoms with Gasteiger partial charge >= 0.3 is 0 Å². The number of nitrogens with one attached hydrogen (secondary N) is 1. The zero-order chi connectivity index (χ0) is 12.3. The van der Waals surface area contributed by atoms with Crippen molar-refractivity contribution in [1.82, 2.24) is 15.3 Å². The van der Waals surface area contributed by atoms with Crippen LogP contribution in [-0.4, -0.2) is 30.1 Å². The molecular weight excluding hydrogens is 212 g/mol. The molecule has 94 valence electrons. The van der Waals surface area contributed by atoms with Crippen LogP contribution < -0.4 is 10.2 Å². The Kier molecular flexibility index (Phi) is 3.94. The molecule has 1 N–H and O–H groups in total. The predicted octanol–water partition coefficient (Wildman–Crippen LogP) is 1.68. The Morgan fingerprint density at radius 1 is 1.41 bits per heavy atom. The van der Waals surface area contributed by atoms with E-state index in [2.05, 4.69) is 34.0 Å². The Morgan fingerprint density at radius 3 is 2.65 bits per heavy atom. The Hall–Kier alpha value is -1.16. The SMILES string of the molecule is CNCc1cnc(N2CCC(C(C)C)C2)nc1. The van der Waals surface area contributed by atoms with Crippen LogP contribution in [0.5, 0.6) is 0 Å². The van der Waals surface area contributed by atoms with Gasteiger partial charge in [0, 0.05) is 37.6 Å². The molecule has 0 aromatic carbocycles. The monoisotopic (exact) mass is 234 g/mol. The Bertz CT molecular complexity index is 347. The summed E-state index contributed by atoms with van der Waals surface area (Å²) in [4.78, 5) is 11.2. The van der Waals surface area contributed by atoms with Gasteiger partial charge in [-0.05, 0) is 25.3 Å².